The van der Waals surface area contributed by atoms with Crippen LogP contribution in [0.3, 0.4) is 0 Å². The highest BCUT2D eigenvalue weighted by Gasteiger charge is 2.43. The number of aromatic nitrogens is 2. The number of hydrogen-bond acceptors (Lipinski definition) is 7. The van der Waals surface area contributed by atoms with Crippen LogP contribution in [0, 0.1) is 0 Å². The molecule has 0 bridgehead atoms. The van der Waals surface area contributed by atoms with Gasteiger partial charge in [-0.2, -0.15) is 26.3 Å². The number of pyridine rings is 2. The second-order valence-corrected chi connectivity index (χ2v) is 9.19. The zero-order valence-electron chi connectivity index (χ0n) is 17.9. The lowest BCUT2D eigenvalue weighted by atomic mass is 10.1. The minimum atomic E-state index is -4.87. The van der Waals surface area contributed by atoms with E-state index in [1.165, 1.54) is 17.9 Å². The Labute approximate surface area is 195 Å². The van der Waals surface area contributed by atoms with Gasteiger partial charge in [-0.25, -0.2) is 23.5 Å². The number of amides is 1. The fourth-order valence-electron chi connectivity index (χ4n) is 3.37. The first kappa shape index (κ1) is 26.6. The van der Waals surface area contributed by atoms with Crippen molar-refractivity contribution in [1.82, 2.24) is 9.97 Å². The van der Waals surface area contributed by atoms with Crippen LogP contribution in [0.2, 0.25) is 0 Å². The molecule has 2 aromatic heterocycles. The summed E-state index contributed by atoms with van der Waals surface area (Å²) >= 11 is 0. The number of nitrogens with two attached hydrogens (primary N) is 1. The van der Waals surface area contributed by atoms with E-state index in [0.717, 1.165) is 12.3 Å². The number of nitrogens with one attached hydrogen (secondary N) is 1. The average Bonchev–Trinajstić information content (AvgIpc) is 2.94. The molecule has 1 saturated heterocycles. The van der Waals surface area contributed by atoms with Crippen molar-refractivity contribution in [1.29, 1.82) is 0 Å². The lowest BCUT2D eigenvalue weighted by molar-refractivity contribution is -0.228. The standard InChI is InChI=1S/C19H19F6N5O4S/c1-10-9-30(5-3-14(34-10)19(23,24)25)16-13(6-11(8-28-16)18(20,21)22)17(31)29-12-2-4-27-15(7-12)35(26,32)33/h2,4,6-8,10,14H,3,5,9H2,1H3,(H2,26,32,33)(H,27,29,31)/t10-,14+/m1/s1. The normalized spacial score (nSPS) is 19.8. The quantitative estimate of drug-likeness (QED) is 0.586. The van der Waals surface area contributed by atoms with Gasteiger partial charge in [0.2, 0.25) is 0 Å². The Morgan fingerprint density at radius 2 is 1.89 bits per heavy atom. The molecule has 2 aromatic rings. The summed E-state index contributed by atoms with van der Waals surface area (Å²) in [6, 6.07) is 2.57. The van der Waals surface area contributed by atoms with Gasteiger partial charge < -0.3 is 15.0 Å². The number of anilines is 2. The highest BCUT2D eigenvalue weighted by atomic mass is 32.2. The average molecular weight is 527 g/mol. The first-order chi connectivity index (χ1) is 16.1. The fourth-order valence-corrected chi connectivity index (χ4v) is 3.87. The van der Waals surface area contributed by atoms with Crippen molar-refractivity contribution in [2.45, 2.75) is 42.9 Å². The Morgan fingerprint density at radius 1 is 1.20 bits per heavy atom. The molecular weight excluding hydrogens is 508 g/mol. The number of sulfonamides is 1. The lowest BCUT2D eigenvalue weighted by Crippen LogP contribution is -2.34. The van der Waals surface area contributed by atoms with Crippen molar-refractivity contribution < 1.29 is 44.3 Å². The topological polar surface area (TPSA) is 128 Å². The van der Waals surface area contributed by atoms with Crippen molar-refractivity contribution in [3.63, 3.8) is 0 Å². The molecule has 1 aliphatic heterocycles. The smallest absolute Gasteiger partial charge is 0.364 e. The Balaban J connectivity index is 1.99. The number of alkyl halides is 6. The number of nitrogens with zero attached hydrogens (tertiary/aromatic N) is 3. The molecule has 3 N–H and O–H groups in total. The highest BCUT2D eigenvalue weighted by molar-refractivity contribution is 7.89. The van der Waals surface area contributed by atoms with Gasteiger partial charge >= 0.3 is 12.4 Å². The van der Waals surface area contributed by atoms with Gasteiger partial charge in [-0.15, -0.1) is 0 Å². The van der Waals surface area contributed by atoms with Crippen LogP contribution in [0.5, 0.6) is 0 Å². The largest absolute Gasteiger partial charge is 0.417 e. The highest BCUT2D eigenvalue weighted by Crippen LogP contribution is 2.34. The van der Waals surface area contributed by atoms with E-state index in [9.17, 15) is 39.6 Å². The molecule has 192 valence electrons. The van der Waals surface area contributed by atoms with Crippen LogP contribution in [0.25, 0.3) is 0 Å². The Bertz CT molecular complexity index is 1200. The first-order valence-corrected chi connectivity index (χ1v) is 11.4. The van der Waals surface area contributed by atoms with Crippen LogP contribution in [-0.2, 0) is 20.9 Å². The molecular formula is C19H19F6N5O4S. The van der Waals surface area contributed by atoms with Crippen molar-refractivity contribution >= 4 is 27.4 Å². The van der Waals surface area contributed by atoms with Gasteiger partial charge in [0.25, 0.3) is 15.9 Å². The predicted octanol–water partition coefficient (Wildman–Crippen LogP) is 2.94. The van der Waals surface area contributed by atoms with Crippen molar-refractivity contribution in [3.05, 3.63) is 41.7 Å². The van der Waals surface area contributed by atoms with Crippen molar-refractivity contribution in [2.24, 2.45) is 5.14 Å². The third kappa shape index (κ3) is 6.58. The molecule has 16 heteroatoms. The third-order valence-corrected chi connectivity index (χ3v) is 5.73. The number of rotatable bonds is 4. The predicted molar refractivity (Wildman–Crippen MR) is 110 cm³/mol. The summed E-state index contributed by atoms with van der Waals surface area (Å²) in [4.78, 5) is 21.4. The molecule has 1 aliphatic rings. The maximum Gasteiger partial charge on any atom is 0.417 e. The fraction of sp³-hybridized carbons (Fsp3) is 0.421. The van der Waals surface area contributed by atoms with Gasteiger partial charge in [0.15, 0.2) is 11.1 Å². The second kappa shape index (κ2) is 9.58. The number of primary sulfonamides is 1. The van der Waals surface area contributed by atoms with E-state index in [2.05, 4.69) is 15.3 Å². The van der Waals surface area contributed by atoms with E-state index >= 15 is 0 Å². The van der Waals surface area contributed by atoms with Crippen LogP contribution < -0.4 is 15.4 Å². The molecule has 0 radical (unpaired) electrons. The zero-order valence-corrected chi connectivity index (χ0v) is 18.7. The maximum atomic E-state index is 13.3. The summed E-state index contributed by atoms with van der Waals surface area (Å²) < 4.78 is 107. The maximum absolute atomic E-state index is 13.3. The van der Waals surface area contributed by atoms with Crippen molar-refractivity contribution in [2.75, 3.05) is 23.3 Å². The Kier molecular flexibility index (Phi) is 7.29. The summed E-state index contributed by atoms with van der Waals surface area (Å²) in [7, 11) is -4.24. The molecule has 1 fully saturated rings. The molecule has 9 nitrogen and oxygen atoms in total. The molecule has 3 rings (SSSR count). The summed E-state index contributed by atoms with van der Waals surface area (Å²) in [5.74, 6) is -1.41. The number of carbonyl (C=O) groups excluding carboxylic acids is 1. The molecule has 3 heterocycles. The Hall–Kier alpha value is -2.98. The van der Waals surface area contributed by atoms with E-state index in [1.54, 1.807) is 0 Å². The first-order valence-electron chi connectivity index (χ1n) is 9.90. The number of halogens is 6. The van der Waals surface area contributed by atoms with Crippen LogP contribution in [0.4, 0.5) is 37.8 Å². The molecule has 0 aromatic carbocycles. The van der Waals surface area contributed by atoms with E-state index in [1.807, 2.05) is 0 Å². The summed E-state index contributed by atoms with van der Waals surface area (Å²) in [5, 5.41) is 6.63. The van der Waals surface area contributed by atoms with Gasteiger partial charge in [-0.3, -0.25) is 4.79 Å². The molecule has 35 heavy (non-hydrogen) atoms. The number of hydrogen-bond donors (Lipinski definition) is 2. The monoisotopic (exact) mass is 527 g/mol. The molecule has 0 aliphatic carbocycles. The summed E-state index contributed by atoms with van der Waals surface area (Å²) in [5.41, 5.74) is -2.01. The van der Waals surface area contributed by atoms with Crippen LogP contribution in [-0.4, -0.2) is 55.8 Å². The van der Waals surface area contributed by atoms with Crippen molar-refractivity contribution in [3.8, 4) is 0 Å². The van der Waals surface area contributed by atoms with Crippen LogP contribution in [0.15, 0.2) is 35.6 Å². The second-order valence-electron chi connectivity index (χ2n) is 7.69. The van der Waals surface area contributed by atoms with Gasteiger partial charge in [-0.1, -0.05) is 0 Å². The lowest BCUT2D eigenvalue weighted by Gasteiger charge is -2.25. The van der Waals surface area contributed by atoms with Gasteiger partial charge in [-0.05, 0) is 19.1 Å². The van der Waals surface area contributed by atoms with E-state index in [4.69, 9.17) is 9.88 Å². The number of carbonyl (C=O) groups is 1. The molecule has 1 amide bonds. The molecule has 0 spiro atoms. The van der Waals surface area contributed by atoms with Crippen LogP contribution >= 0.6 is 0 Å². The molecule has 0 saturated carbocycles. The van der Waals surface area contributed by atoms with Crippen LogP contribution in [0.1, 0.15) is 29.3 Å². The van der Waals surface area contributed by atoms with E-state index in [0.29, 0.717) is 12.3 Å². The van der Waals surface area contributed by atoms with Gasteiger partial charge in [0, 0.05) is 43.7 Å². The summed E-state index contributed by atoms with van der Waals surface area (Å²) in [6.07, 6.45) is -11.7. The van der Waals surface area contributed by atoms with E-state index in [-0.39, 0.29) is 24.6 Å². The van der Waals surface area contributed by atoms with Gasteiger partial charge in [0.1, 0.15) is 5.82 Å². The molecule has 2 atom stereocenters. The summed E-state index contributed by atoms with van der Waals surface area (Å²) in [6.45, 7) is 0.862. The minimum Gasteiger partial charge on any atom is -0.364 e. The SMILES string of the molecule is C[C@@H]1CN(c2ncc(C(F)(F)F)cc2C(=O)Nc2ccnc(S(N)(=O)=O)c2)CC[C@@H](C(F)(F)F)O1. The third-order valence-electron chi connectivity index (χ3n) is 4.92. The Morgan fingerprint density at radius 3 is 2.49 bits per heavy atom. The zero-order chi connectivity index (χ0) is 26.2. The number of ether oxygens (including phenoxy) is 1. The van der Waals surface area contributed by atoms with E-state index < -0.39 is 63.1 Å². The minimum absolute atomic E-state index is 0.151. The van der Waals surface area contributed by atoms with Gasteiger partial charge in [0.05, 0.1) is 17.2 Å². The molecule has 0 unspecified atom stereocenters.